The van der Waals surface area contributed by atoms with Crippen LogP contribution in [-0.2, 0) is 12.8 Å². The lowest BCUT2D eigenvalue weighted by molar-refractivity contribution is 0.557. The Morgan fingerprint density at radius 1 is 1.28 bits per heavy atom. The molecular weight excluding hydrogens is 222 g/mol. The van der Waals surface area contributed by atoms with Crippen LogP contribution in [-0.4, -0.2) is 11.5 Å². The van der Waals surface area contributed by atoms with Crippen LogP contribution in [0.3, 0.4) is 0 Å². The topological polar surface area (TPSA) is 64.9 Å². The molecule has 1 atom stereocenters. The summed E-state index contributed by atoms with van der Waals surface area (Å²) in [6.45, 7) is 0.660. The molecule has 0 bridgehead atoms. The molecule has 0 spiro atoms. The second-order valence-corrected chi connectivity index (χ2v) is 5.01. The van der Waals surface area contributed by atoms with Crippen molar-refractivity contribution in [3.8, 4) is 0 Å². The van der Waals surface area contributed by atoms with Crippen molar-refractivity contribution in [3.05, 3.63) is 41.1 Å². The summed E-state index contributed by atoms with van der Waals surface area (Å²) in [7, 11) is 0. The Hall–Kier alpha value is -1.45. The fourth-order valence-electron chi connectivity index (χ4n) is 3.03. The SMILES string of the molecule is NCCc1c2c(nc3ccccc13)CCCC2N. The van der Waals surface area contributed by atoms with Gasteiger partial charge in [0.25, 0.3) is 0 Å². The second-order valence-electron chi connectivity index (χ2n) is 5.01. The summed E-state index contributed by atoms with van der Waals surface area (Å²) in [5, 5.41) is 1.22. The zero-order valence-corrected chi connectivity index (χ0v) is 10.5. The van der Waals surface area contributed by atoms with Crippen LogP contribution >= 0.6 is 0 Å². The highest BCUT2D eigenvalue weighted by atomic mass is 14.7. The maximum Gasteiger partial charge on any atom is 0.0708 e. The highest BCUT2D eigenvalue weighted by Crippen LogP contribution is 2.33. The average molecular weight is 241 g/mol. The Kier molecular flexibility index (Phi) is 3.02. The summed E-state index contributed by atoms with van der Waals surface area (Å²) >= 11 is 0. The normalized spacial score (nSPS) is 18.9. The molecule has 18 heavy (non-hydrogen) atoms. The number of fused-ring (bicyclic) bond motifs is 2. The van der Waals surface area contributed by atoms with Gasteiger partial charge in [-0.05, 0) is 49.4 Å². The molecule has 3 heteroatoms. The minimum absolute atomic E-state index is 0.132. The van der Waals surface area contributed by atoms with Crippen LogP contribution in [0.4, 0.5) is 0 Å². The number of pyridine rings is 1. The van der Waals surface area contributed by atoms with Crippen molar-refractivity contribution in [2.24, 2.45) is 11.5 Å². The largest absolute Gasteiger partial charge is 0.330 e. The van der Waals surface area contributed by atoms with Crippen molar-refractivity contribution < 1.29 is 0 Å². The molecule has 0 aliphatic heterocycles. The fraction of sp³-hybridized carbons (Fsp3) is 0.400. The van der Waals surface area contributed by atoms with Crippen LogP contribution in [0.2, 0.25) is 0 Å². The summed E-state index contributed by atoms with van der Waals surface area (Å²) in [5.41, 5.74) is 16.9. The van der Waals surface area contributed by atoms with Gasteiger partial charge in [0.2, 0.25) is 0 Å². The van der Waals surface area contributed by atoms with Crippen LogP contribution in [0.25, 0.3) is 10.9 Å². The van der Waals surface area contributed by atoms with Crippen molar-refractivity contribution in [3.63, 3.8) is 0 Å². The Labute approximate surface area is 107 Å². The van der Waals surface area contributed by atoms with E-state index in [1.807, 2.05) is 6.07 Å². The molecule has 1 unspecified atom stereocenters. The molecule has 0 fully saturated rings. The molecule has 3 rings (SSSR count). The standard InChI is InChI=1S/C15H19N3/c16-9-8-11-10-4-1-2-6-13(10)18-14-7-3-5-12(17)15(11)14/h1-2,4,6,12H,3,5,7-9,16-17H2. The smallest absolute Gasteiger partial charge is 0.0708 e. The van der Waals surface area contributed by atoms with E-state index in [1.165, 1.54) is 22.2 Å². The molecule has 1 aromatic carbocycles. The highest BCUT2D eigenvalue weighted by Gasteiger charge is 2.23. The summed E-state index contributed by atoms with van der Waals surface area (Å²) in [6, 6.07) is 8.44. The van der Waals surface area contributed by atoms with Crippen LogP contribution in [0.1, 0.15) is 35.7 Å². The van der Waals surface area contributed by atoms with Gasteiger partial charge in [0, 0.05) is 17.1 Å². The molecule has 1 aliphatic carbocycles. The van der Waals surface area contributed by atoms with E-state index < -0.39 is 0 Å². The predicted octanol–water partition coefficient (Wildman–Crippen LogP) is 2.07. The third kappa shape index (κ3) is 1.80. The number of benzene rings is 1. The molecule has 0 saturated heterocycles. The van der Waals surface area contributed by atoms with Gasteiger partial charge in [-0.15, -0.1) is 0 Å². The first-order valence-electron chi connectivity index (χ1n) is 6.67. The summed E-state index contributed by atoms with van der Waals surface area (Å²) in [6.07, 6.45) is 4.14. The number of para-hydroxylation sites is 1. The first kappa shape index (κ1) is 11.6. The molecular formula is C15H19N3. The maximum atomic E-state index is 6.29. The third-order valence-corrected chi connectivity index (χ3v) is 3.81. The van der Waals surface area contributed by atoms with Crippen LogP contribution in [0.5, 0.6) is 0 Å². The monoisotopic (exact) mass is 241 g/mol. The van der Waals surface area contributed by atoms with Crippen molar-refractivity contribution in [2.75, 3.05) is 6.54 Å². The van der Waals surface area contributed by atoms with E-state index in [4.69, 9.17) is 16.5 Å². The average Bonchev–Trinajstić information content (AvgIpc) is 2.39. The first-order chi connectivity index (χ1) is 8.81. The zero-order valence-electron chi connectivity index (χ0n) is 10.5. The number of nitrogens with zero attached hydrogens (tertiary/aromatic N) is 1. The Morgan fingerprint density at radius 3 is 2.94 bits per heavy atom. The lowest BCUT2D eigenvalue weighted by atomic mass is 9.85. The van der Waals surface area contributed by atoms with E-state index in [-0.39, 0.29) is 6.04 Å². The molecule has 1 aliphatic rings. The third-order valence-electron chi connectivity index (χ3n) is 3.81. The lowest BCUT2D eigenvalue weighted by Gasteiger charge is -2.25. The zero-order chi connectivity index (χ0) is 12.5. The number of rotatable bonds is 2. The molecule has 0 radical (unpaired) electrons. The van der Waals surface area contributed by atoms with Crippen molar-refractivity contribution in [1.29, 1.82) is 0 Å². The van der Waals surface area contributed by atoms with Gasteiger partial charge in [0.15, 0.2) is 0 Å². The fourth-order valence-corrected chi connectivity index (χ4v) is 3.03. The summed E-state index contributed by atoms with van der Waals surface area (Å²) in [4.78, 5) is 4.79. The Bertz CT molecular complexity index is 577. The minimum Gasteiger partial charge on any atom is -0.330 e. The number of aromatic nitrogens is 1. The number of aryl methyl sites for hydroxylation is 1. The van der Waals surface area contributed by atoms with Gasteiger partial charge >= 0.3 is 0 Å². The van der Waals surface area contributed by atoms with Gasteiger partial charge in [0.05, 0.1) is 5.52 Å². The Balaban J connectivity index is 2.31. The minimum atomic E-state index is 0.132. The van der Waals surface area contributed by atoms with Crippen molar-refractivity contribution in [2.45, 2.75) is 31.7 Å². The Morgan fingerprint density at radius 2 is 2.11 bits per heavy atom. The predicted molar refractivity (Wildman–Crippen MR) is 74.4 cm³/mol. The molecule has 1 aromatic heterocycles. The molecule has 0 saturated carbocycles. The number of nitrogens with two attached hydrogens (primary N) is 2. The quantitative estimate of drug-likeness (QED) is 0.846. The molecule has 4 N–H and O–H groups in total. The van der Waals surface area contributed by atoms with Crippen molar-refractivity contribution >= 4 is 10.9 Å². The van der Waals surface area contributed by atoms with Gasteiger partial charge < -0.3 is 11.5 Å². The van der Waals surface area contributed by atoms with Crippen molar-refractivity contribution in [1.82, 2.24) is 4.98 Å². The van der Waals surface area contributed by atoms with Gasteiger partial charge in [-0.1, -0.05) is 18.2 Å². The van der Waals surface area contributed by atoms with Gasteiger partial charge in [0.1, 0.15) is 0 Å². The molecule has 94 valence electrons. The van der Waals surface area contributed by atoms with E-state index in [0.717, 1.165) is 31.2 Å². The van der Waals surface area contributed by atoms with Gasteiger partial charge in [-0.2, -0.15) is 0 Å². The molecule has 2 aromatic rings. The van der Waals surface area contributed by atoms with Crippen LogP contribution < -0.4 is 11.5 Å². The van der Waals surface area contributed by atoms with E-state index in [1.54, 1.807) is 0 Å². The van der Waals surface area contributed by atoms with E-state index in [9.17, 15) is 0 Å². The summed E-state index contributed by atoms with van der Waals surface area (Å²) in [5.74, 6) is 0. The van der Waals surface area contributed by atoms with E-state index in [0.29, 0.717) is 6.54 Å². The lowest BCUT2D eigenvalue weighted by Crippen LogP contribution is -2.22. The van der Waals surface area contributed by atoms with Gasteiger partial charge in [-0.3, -0.25) is 4.98 Å². The van der Waals surface area contributed by atoms with E-state index >= 15 is 0 Å². The van der Waals surface area contributed by atoms with Crippen LogP contribution in [0.15, 0.2) is 24.3 Å². The molecule has 3 nitrogen and oxygen atoms in total. The number of hydrogen-bond donors (Lipinski definition) is 2. The van der Waals surface area contributed by atoms with Gasteiger partial charge in [-0.25, -0.2) is 0 Å². The highest BCUT2D eigenvalue weighted by molar-refractivity contribution is 5.84. The summed E-state index contributed by atoms with van der Waals surface area (Å²) < 4.78 is 0. The molecule has 1 heterocycles. The van der Waals surface area contributed by atoms with Crippen LogP contribution in [0, 0.1) is 0 Å². The number of hydrogen-bond acceptors (Lipinski definition) is 3. The maximum absolute atomic E-state index is 6.29. The second kappa shape index (κ2) is 4.67. The van der Waals surface area contributed by atoms with E-state index in [2.05, 4.69) is 18.2 Å². The first-order valence-corrected chi connectivity index (χ1v) is 6.67. The molecule has 0 amide bonds.